The highest BCUT2D eigenvalue weighted by Gasteiger charge is 2.29. The van der Waals surface area contributed by atoms with Crippen LogP contribution in [0, 0.1) is 0 Å². The molecule has 0 unspecified atom stereocenters. The Hall–Kier alpha value is -11.7. The van der Waals surface area contributed by atoms with Gasteiger partial charge < -0.3 is 15.2 Å². The standard InChI is InChI=1S/C67H44N10O6/c1-36(78)39-22-27-51-53(31-39)47-15-7-9-17-49(47)60(51)72-76-66(82)55-33-41-11-3-5-13-45(41)62(64(55)80)74-70-43-24-19-38(20-25-43)21-30-59-68-57-29-26-44(35-58(57)69-59)71-75-63-46-14-6-4-12-42(46)34-56(65(63)81)67(83)77-73-61-50-18-10-8-16-48(50)54-32-40(37(2)79)23-28-52(54)61/h3-35,80-81H,1-2H3,(H,68,69)(H,76,82)(H,77,83)/b30-21+,72-60-,73-61-,74-70?,75-71?. The summed E-state index contributed by atoms with van der Waals surface area (Å²) in [6, 6.07) is 56.4. The molecule has 0 fully saturated rings. The number of aromatic hydroxyl groups is 2. The number of carbonyl (C=O) groups excluding carboxylic acids is 4. The van der Waals surface area contributed by atoms with Gasteiger partial charge in [0.1, 0.15) is 17.2 Å². The molecule has 13 rings (SSSR count). The van der Waals surface area contributed by atoms with Crippen molar-refractivity contribution in [3.63, 3.8) is 0 Å². The van der Waals surface area contributed by atoms with E-state index in [0.717, 1.165) is 55.6 Å². The van der Waals surface area contributed by atoms with Crippen LogP contribution >= 0.6 is 0 Å². The van der Waals surface area contributed by atoms with Gasteiger partial charge in [0.15, 0.2) is 23.1 Å². The second-order valence-corrected chi connectivity index (χ2v) is 19.9. The molecule has 398 valence electrons. The molecule has 83 heavy (non-hydrogen) atoms. The van der Waals surface area contributed by atoms with Crippen LogP contribution in [0.15, 0.2) is 219 Å². The first kappa shape index (κ1) is 50.8. The van der Waals surface area contributed by atoms with E-state index in [9.17, 15) is 29.4 Å². The fourth-order valence-electron chi connectivity index (χ4n) is 10.5. The van der Waals surface area contributed by atoms with Gasteiger partial charge in [0.2, 0.25) is 0 Å². The van der Waals surface area contributed by atoms with Crippen molar-refractivity contribution < 1.29 is 29.4 Å². The number of carbonyl (C=O) groups is 4. The van der Waals surface area contributed by atoms with Crippen LogP contribution in [0.3, 0.4) is 0 Å². The first-order valence-corrected chi connectivity index (χ1v) is 26.3. The molecule has 2 aliphatic rings. The summed E-state index contributed by atoms with van der Waals surface area (Å²) < 4.78 is 0. The monoisotopic (exact) mass is 1080 g/mol. The van der Waals surface area contributed by atoms with Crippen molar-refractivity contribution in [2.75, 3.05) is 0 Å². The van der Waals surface area contributed by atoms with Gasteiger partial charge >= 0.3 is 0 Å². The lowest BCUT2D eigenvalue weighted by atomic mass is 10.0. The fraction of sp³-hybridized carbons (Fsp3) is 0.0299. The maximum atomic E-state index is 13.9. The van der Waals surface area contributed by atoms with E-state index < -0.39 is 11.8 Å². The van der Waals surface area contributed by atoms with E-state index in [1.165, 1.54) is 13.8 Å². The van der Waals surface area contributed by atoms with Gasteiger partial charge in [0, 0.05) is 44.2 Å². The van der Waals surface area contributed by atoms with Crippen molar-refractivity contribution in [1.29, 1.82) is 0 Å². The van der Waals surface area contributed by atoms with Crippen LogP contribution in [-0.2, 0) is 0 Å². The van der Waals surface area contributed by atoms with Crippen molar-refractivity contribution in [1.82, 2.24) is 20.8 Å². The number of Topliss-reactive ketones (excluding diaryl/α,β-unsaturated/α-hetero) is 2. The molecule has 1 heterocycles. The van der Waals surface area contributed by atoms with E-state index >= 15 is 0 Å². The van der Waals surface area contributed by atoms with E-state index in [-0.39, 0.29) is 45.6 Å². The van der Waals surface area contributed by atoms with Crippen LogP contribution in [0.4, 0.5) is 22.7 Å². The molecule has 0 spiro atoms. The van der Waals surface area contributed by atoms with Gasteiger partial charge in [-0.2, -0.15) is 20.4 Å². The van der Waals surface area contributed by atoms with Gasteiger partial charge in [0.25, 0.3) is 11.8 Å². The van der Waals surface area contributed by atoms with Crippen LogP contribution in [-0.4, -0.2) is 55.0 Å². The lowest BCUT2D eigenvalue weighted by Crippen LogP contribution is -2.20. The number of nitrogens with one attached hydrogen (secondary N) is 3. The van der Waals surface area contributed by atoms with Gasteiger partial charge in [-0.1, -0.05) is 140 Å². The Morgan fingerprint density at radius 1 is 0.458 bits per heavy atom. The average Bonchev–Trinajstić information content (AvgIpc) is 4.38. The molecule has 11 aromatic rings. The molecule has 1 aromatic heterocycles. The number of fused-ring (bicyclic) bond motifs is 9. The molecule has 10 aromatic carbocycles. The van der Waals surface area contributed by atoms with Gasteiger partial charge in [-0.3, -0.25) is 19.2 Å². The highest BCUT2D eigenvalue weighted by Crippen LogP contribution is 2.43. The third kappa shape index (κ3) is 9.46. The average molecular weight is 1090 g/mol. The van der Waals surface area contributed by atoms with Crippen molar-refractivity contribution in [3.05, 3.63) is 244 Å². The molecular weight excluding hydrogens is 1040 g/mol. The Morgan fingerprint density at radius 2 is 0.916 bits per heavy atom. The first-order valence-electron chi connectivity index (χ1n) is 26.3. The normalized spacial score (nSPS) is 13.4. The molecule has 2 amide bonds. The largest absolute Gasteiger partial charge is 0.505 e. The number of ketones is 2. The highest BCUT2D eigenvalue weighted by atomic mass is 16.3. The lowest BCUT2D eigenvalue weighted by molar-refractivity contribution is 0.0944. The number of rotatable bonds is 12. The Bertz CT molecular complexity index is 4760. The minimum atomic E-state index is -0.653. The summed E-state index contributed by atoms with van der Waals surface area (Å²) in [5.74, 6) is -1.57. The number of H-pyrrole nitrogens is 1. The third-order valence-electron chi connectivity index (χ3n) is 14.7. The molecule has 0 bridgehead atoms. The topological polar surface area (TPSA) is 236 Å². The van der Waals surface area contributed by atoms with Crippen molar-refractivity contribution in [3.8, 4) is 33.8 Å². The van der Waals surface area contributed by atoms with Crippen molar-refractivity contribution in [2.45, 2.75) is 13.8 Å². The zero-order valence-corrected chi connectivity index (χ0v) is 44.2. The Morgan fingerprint density at radius 3 is 1.43 bits per heavy atom. The van der Waals surface area contributed by atoms with Gasteiger partial charge in [0.05, 0.1) is 45.0 Å². The quantitative estimate of drug-likeness (QED) is 0.0450. The second-order valence-electron chi connectivity index (χ2n) is 19.9. The molecule has 2 aliphatic carbocycles. The van der Waals surface area contributed by atoms with Crippen LogP contribution in [0.25, 0.3) is 67.0 Å². The second kappa shape index (κ2) is 20.9. The molecule has 0 aliphatic heterocycles. The highest BCUT2D eigenvalue weighted by molar-refractivity contribution is 6.26. The zero-order valence-electron chi connectivity index (χ0n) is 44.2. The Kier molecular flexibility index (Phi) is 12.8. The van der Waals surface area contributed by atoms with Crippen molar-refractivity contribution >= 4 is 102 Å². The van der Waals surface area contributed by atoms with Crippen LogP contribution < -0.4 is 10.9 Å². The summed E-state index contributed by atoms with van der Waals surface area (Å²) in [6.07, 6.45) is 3.72. The van der Waals surface area contributed by atoms with Crippen molar-refractivity contribution in [2.24, 2.45) is 30.7 Å². The molecular formula is C67H44N10O6. The minimum Gasteiger partial charge on any atom is -0.505 e. The number of aromatic nitrogens is 2. The minimum absolute atomic E-state index is 0.0376. The third-order valence-corrected chi connectivity index (χ3v) is 14.7. The predicted octanol–water partition coefficient (Wildman–Crippen LogP) is 15.0. The lowest BCUT2D eigenvalue weighted by Gasteiger charge is -2.10. The predicted molar refractivity (Wildman–Crippen MR) is 321 cm³/mol. The number of amides is 2. The molecule has 16 nitrogen and oxygen atoms in total. The van der Waals surface area contributed by atoms with Gasteiger partial charge in [-0.05, 0) is 113 Å². The summed E-state index contributed by atoms with van der Waals surface area (Å²) in [5.41, 5.74) is 17.4. The van der Waals surface area contributed by atoms with E-state index in [1.54, 1.807) is 60.7 Å². The van der Waals surface area contributed by atoms with Crippen LogP contribution in [0.1, 0.15) is 88.9 Å². The number of azo groups is 2. The first-order chi connectivity index (χ1) is 40.4. The smallest absolute Gasteiger partial charge is 0.275 e. The van der Waals surface area contributed by atoms with E-state index in [1.807, 2.05) is 140 Å². The number of hydrogen-bond donors (Lipinski definition) is 5. The number of benzene rings is 10. The van der Waals surface area contributed by atoms with E-state index in [4.69, 9.17) is 4.98 Å². The number of imidazole rings is 1. The van der Waals surface area contributed by atoms with Crippen LogP contribution in [0.5, 0.6) is 11.5 Å². The summed E-state index contributed by atoms with van der Waals surface area (Å²) in [4.78, 5) is 60.2. The fourth-order valence-corrected chi connectivity index (χ4v) is 10.5. The number of phenols is 2. The maximum absolute atomic E-state index is 13.9. The molecule has 0 atom stereocenters. The van der Waals surface area contributed by atoms with E-state index in [2.05, 4.69) is 46.5 Å². The summed E-state index contributed by atoms with van der Waals surface area (Å²) in [7, 11) is 0. The number of nitrogens with zero attached hydrogens (tertiary/aromatic N) is 7. The Labute approximate surface area is 472 Å². The summed E-state index contributed by atoms with van der Waals surface area (Å²) in [5, 5.41) is 52.7. The van der Waals surface area contributed by atoms with Gasteiger partial charge in [-0.15, -0.1) is 10.2 Å². The van der Waals surface area contributed by atoms with Crippen LogP contribution in [0.2, 0.25) is 0 Å². The summed E-state index contributed by atoms with van der Waals surface area (Å²) in [6.45, 7) is 3.04. The molecule has 16 heteroatoms. The van der Waals surface area contributed by atoms with Gasteiger partial charge in [-0.25, -0.2) is 15.8 Å². The number of aromatic amines is 1. The SMILES string of the molecule is CC(=O)c1ccc2c(c1)-c1ccccc1/C2=N/NC(=O)c1cc2ccccc2c(N=Nc2ccc(/C=C/c3nc4cc(N=Nc5c(O)c(C(=O)N/N=C6/c7ccccc7-c7cc(C(C)=O)ccc76)cc6ccccc56)ccc4[nH]3)cc2)c1O. The number of hydrogen-bond acceptors (Lipinski definition) is 13. The number of phenolic OH excluding ortho intramolecular Hbond substituents is 2. The molecule has 0 saturated heterocycles. The molecule has 0 radical (unpaired) electrons. The molecule has 0 saturated carbocycles. The molecule has 5 N–H and O–H groups in total. The zero-order chi connectivity index (χ0) is 56.9. The summed E-state index contributed by atoms with van der Waals surface area (Å²) >= 11 is 0. The number of hydrazone groups is 2. The van der Waals surface area contributed by atoms with E-state index in [0.29, 0.717) is 66.8 Å². The Balaban J connectivity index is 0.703. The maximum Gasteiger partial charge on any atom is 0.275 e.